The molecule has 116 valence electrons. The topological polar surface area (TPSA) is 29.0 Å². The molecule has 1 aliphatic rings. The second-order valence-corrected chi connectivity index (χ2v) is 6.68. The molecule has 22 heavy (non-hydrogen) atoms. The first-order valence-electron chi connectivity index (χ1n) is 8.17. The lowest BCUT2D eigenvalue weighted by Crippen LogP contribution is -2.26. The van der Waals surface area contributed by atoms with Gasteiger partial charge in [-0.05, 0) is 56.4 Å². The fourth-order valence-electron chi connectivity index (χ4n) is 3.00. The van der Waals surface area contributed by atoms with E-state index in [1.807, 2.05) is 0 Å². The number of nitrogens with zero attached hydrogens (tertiary/aromatic N) is 3. The van der Waals surface area contributed by atoms with Crippen molar-refractivity contribution in [1.82, 2.24) is 14.9 Å². The quantitative estimate of drug-likeness (QED) is 0.812. The van der Waals surface area contributed by atoms with Gasteiger partial charge in [0.2, 0.25) is 0 Å². The largest absolute Gasteiger partial charge is 0.291 e. The van der Waals surface area contributed by atoms with E-state index in [0.29, 0.717) is 0 Å². The molecule has 0 radical (unpaired) electrons. The first kappa shape index (κ1) is 15.2. The molecule has 0 aromatic carbocycles. The fourth-order valence-corrected chi connectivity index (χ4v) is 3.00. The molecule has 2 aromatic heterocycles. The van der Waals surface area contributed by atoms with E-state index in [0.717, 1.165) is 54.2 Å². The van der Waals surface area contributed by atoms with Crippen LogP contribution in [-0.4, -0.2) is 21.4 Å². The minimum atomic E-state index is 0.842. The molecule has 0 aliphatic heterocycles. The highest BCUT2D eigenvalue weighted by atomic mass is 15.1. The number of hydrogen-bond donors (Lipinski definition) is 0. The van der Waals surface area contributed by atoms with Crippen LogP contribution in [0.5, 0.6) is 0 Å². The maximum atomic E-state index is 4.66. The Labute approximate surface area is 133 Å². The predicted octanol–water partition coefficient (Wildman–Crippen LogP) is 3.75. The molecule has 0 bridgehead atoms. The summed E-state index contributed by atoms with van der Waals surface area (Å²) in [5.41, 5.74) is 4.48. The molecular weight excluding hydrogens is 270 g/mol. The number of rotatable bonds is 6. The van der Waals surface area contributed by atoms with E-state index < -0.39 is 0 Å². The maximum Gasteiger partial charge on any atom is 0.0547 e. The first-order valence-corrected chi connectivity index (χ1v) is 8.17. The third-order valence-electron chi connectivity index (χ3n) is 4.43. The van der Waals surface area contributed by atoms with E-state index in [2.05, 4.69) is 72.0 Å². The van der Waals surface area contributed by atoms with E-state index >= 15 is 0 Å². The lowest BCUT2D eigenvalue weighted by Gasteiger charge is -2.22. The lowest BCUT2D eigenvalue weighted by molar-refractivity contribution is 0.236. The molecular formula is C19H25N3. The molecule has 3 heteroatoms. The average Bonchev–Trinajstić information content (AvgIpc) is 3.14. The molecule has 0 unspecified atom stereocenters. The molecule has 2 aromatic rings. The molecule has 3 rings (SSSR count). The molecule has 0 amide bonds. The Balaban J connectivity index is 1.71. The van der Waals surface area contributed by atoms with Gasteiger partial charge in [0.05, 0.1) is 11.4 Å². The van der Waals surface area contributed by atoms with Gasteiger partial charge in [-0.15, -0.1) is 0 Å². The van der Waals surface area contributed by atoms with Crippen LogP contribution >= 0.6 is 0 Å². The summed E-state index contributed by atoms with van der Waals surface area (Å²) in [5, 5.41) is 0. The molecule has 1 aliphatic carbocycles. The number of hydrogen-bond acceptors (Lipinski definition) is 3. The molecule has 1 saturated carbocycles. The molecule has 0 spiro atoms. The van der Waals surface area contributed by atoms with Crippen molar-refractivity contribution in [1.29, 1.82) is 0 Å². The number of pyridine rings is 2. The van der Waals surface area contributed by atoms with Crippen LogP contribution in [0.15, 0.2) is 36.4 Å². The van der Waals surface area contributed by atoms with Gasteiger partial charge in [0, 0.05) is 31.0 Å². The minimum absolute atomic E-state index is 0.842. The van der Waals surface area contributed by atoms with Crippen molar-refractivity contribution in [3.05, 3.63) is 59.2 Å². The molecule has 2 heterocycles. The highest BCUT2D eigenvalue weighted by Gasteiger charge is 2.34. The second-order valence-electron chi connectivity index (χ2n) is 6.68. The van der Waals surface area contributed by atoms with E-state index in [9.17, 15) is 0 Å². The molecule has 1 fully saturated rings. The standard InChI is InChI=1S/C19H25N3/c1-14-10-17(14)11-22(12-18-8-4-6-15(2)20-18)13-19-9-5-7-16(3)21-19/h4-9,14,17H,10-13H2,1-3H3/t14-,17+/m0/s1. The van der Waals surface area contributed by atoms with Gasteiger partial charge in [-0.25, -0.2) is 0 Å². The monoisotopic (exact) mass is 295 g/mol. The van der Waals surface area contributed by atoms with Crippen LogP contribution in [0.4, 0.5) is 0 Å². The van der Waals surface area contributed by atoms with Crippen molar-refractivity contribution in [3.8, 4) is 0 Å². The first-order chi connectivity index (χ1) is 10.6. The van der Waals surface area contributed by atoms with Crippen LogP contribution in [-0.2, 0) is 13.1 Å². The third-order valence-corrected chi connectivity index (χ3v) is 4.43. The second kappa shape index (κ2) is 6.57. The molecule has 2 atom stereocenters. The van der Waals surface area contributed by atoms with Crippen LogP contribution in [0.25, 0.3) is 0 Å². The highest BCUT2D eigenvalue weighted by Crippen LogP contribution is 2.38. The van der Waals surface area contributed by atoms with Gasteiger partial charge in [-0.3, -0.25) is 14.9 Å². The van der Waals surface area contributed by atoms with Crippen molar-refractivity contribution in [2.45, 2.75) is 40.3 Å². The van der Waals surface area contributed by atoms with E-state index in [1.165, 1.54) is 6.42 Å². The van der Waals surface area contributed by atoms with Gasteiger partial charge in [0.1, 0.15) is 0 Å². The van der Waals surface area contributed by atoms with Crippen molar-refractivity contribution in [2.24, 2.45) is 11.8 Å². The van der Waals surface area contributed by atoms with Gasteiger partial charge in [-0.2, -0.15) is 0 Å². The van der Waals surface area contributed by atoms with Gasteiger partial charge in [0.15, 0.2) is 0 Å². The molecule has 0 saturated heterocycles. The van der Waals surface area contributed by atoms with Crippen LogP contribution in [0.1, 0.15) is 36.1 Å². The van der Waals surface area contributed by atoms with Crippen molar-refractivity contribution in [3.63, 3.8) is 0 Å². The van der Waals surface area contributed by atoms with Crippen molar-refractivity contribution >= 4 is 0 Å². The van der Waals surface area contributed by atoms with Crippen LogP contribution in [0.3, 0.4) is 0 Å². The summed E-state index contributed by atoms with van der Waals surface area (Å²) in [4.78, 5) is 11.8. The SMILES string of the molecule is Cc1cccc(CN(Cc2cccc(C)n2)C[C@H]2C[C@@H]2C)n1. The van der Waals surface area contributed by atoms with Crippen LogP contribution in [0, 0.1) is 25.7 Å². The summed E-state index contributed by atoms with van der Waals surface area (Å²) in [6, 6.07) is 12.6. The van der Waals surface area contributed by atoms with Gasteiger partial charge >= 0.3 is 0 Å². The lowest BCUT2D eigenvalue weighted by atomic mass is 10.2. The minimum Gasteiger partial charge on any atom is -0.291 e. The Bertz CT molecular complexity index is 591. The van der Waals surface area contributed by atoms with E-state index in [4.69, 9.17) is 0 Å². The summed E-state index contributed by atoms with van der Waals surface area (Å²) < 4.78 is 0. The Morgan fingerprint density at radius 1 is 0.955 bits per heavy atom. The fraction of sp³-hybridized carbons (Fsp3) is 0.474. The van der Waals surface area contributed by atoms with E-state index in [-0.39, 0.29) is 0 Å². The summed E-state index contributed by atoms with van der Waals surface area (Å²) >= 11 is 0. The Morgan fingerprint density at radius 3 is 1.86 bits per heavy atom. The summed E-state index contributed by atoms with van der Waals surface area (Å²) in [6.07, 6.45) is 1.36. The molecule has 0 N–H and O–H groups in total. The smallest absolute Gasteiger partial charge is 0.0547 e. The van der Waals surface area contributed by atoms with Crippen LogP contribution < -0.4 is 0 Å². The Morgan fingerprint density at radius 2 is 1.45 bits per heavy atom. The highest BCUT2D eigenvalue weighted by molar-refractivity contribution is 5.12. The number of aryl methyl sites for hydroxylation is 2. The summed E-state index contributed by atoms with van der Waals surface area (Å²) in [7, 11) is 0. The zero-order valence-corrected chi connectivity index (χ0v) is 13.8. The predicted molar refractivity (Wildman–Crippen MR) is 89.3 cm³/mol. The van der Waals surface area contributed by atoms with Crippen molar-refractivity contribution in [2.75, 3.05) is 6.54 Å². The third kappa shape index (κ3) is 4.14. The summed E-state index contributed by atoms with van der Waals surface area (Å²) in [6.45, 7) is 9.41. The maximum absolute atomic E-state index is 4.66. The van der Waals surface area contributed by atoms with E-state index in [1.54, 1.807) is 0 Å². The zero-order chi connectivity index (χ0) is 15.5. The number of aromatic nitrogens is 2. The zero-order valence-electron chi connectivity index (χ0n) is 13.8. The van der Waals surface area contributed by atoms with Gasteiger partial charge in [0.25, 0.3) is 0 Å². The molecule has 3 nitrogen and oxygen atoms in total. The Kier molecular flexibility index (Phi) is 4.53. The summed E-state index contributed by atoms with van der Waals surface area (Å²) in [5.74, 6) is 1.72. The Hall–Kier alpha value is -1.74. The van der Waals surface area contributed by atoms with Crippen molar-refractivity contribution < 1.29 is 0 Å². The van der Waals surface area contributed by atoms with Gasteiger partial charge < -0.3 is 0 Å². The van der Waals surface area contributed by atoms with Crippen LogP contribution in [0.2, 0.25) is 0 Å². The van der Waals surface area contributed by atoms with Gasteiger partial charge in [-0.1, -0.05) is 19.1 Å². The average molecular weight is 295 g/mol. The normalized spacial score (nSPS) is 20.4.